The van der Waals surface area contributed by atoms with Gasteiger partial charge in [0.25, 0.3) is 0 Å². The zero-order valence-corrected chi connectivity index (χ0v) is 12.2. The second kappa shape index (κ2) is 7.65. The van der Waals surface area contributed by atoms with Gasteiger partial charge >= 0.3 is 0 Å². The maximum atomic E-state index is 5.90. The predicted molar refractivity (Wildman–Crippen MR) is 78.8 cm³/mol. The maximum Gasteiger partial charge on any atom is 0.165 e. The van der Waals surface area contributed by atoms with Gasteiger partial charge in [0, 0.05) is 31.0 Å². The second-order valence-corrected chi connectivity index (χ2v) is 4.70. The number of aryl methyl sites for hydroxylation is 1. The van der Waals surface area contributed by atoms with E-state index in [1.807, 2.05) is 23.1 Å². The average Bonchev–Trinajstić information content (AvgIpc) is 2.89. The minimum Gasteiger partial charge on any atom is -0.454 e. The van der Waals surface area contributed by atoms with Crippen LogP contribution in [0.3, 0.4) is 0 Å². The van der Waals surface area contributed by atoms with E-state index in [9.17, 15) is 0 Å². The van der Waals surface area contributed by atoms with Crippen molar-refractivity contribution in [2.24, 2.45) is 0 Å². The first-order chi connectivity index (χ1) is 9.83. The van der Waals surface area contributed by atoms with Crippen molar-refractivity contribution < 1.29 is 4.74 Å². The lowest BCUT2D eigenvalue weighted by atomic mass is 10.2. The number of hydrogen-bond acceptors (Lipinski definition) is 4. The SMILES string of the molecule is CCCNCc1cnccc1Oc1cnn(CCC)c1. The molecule has 0 saturated heterocycles. The van der Waals surface area contributed by atoms with Crippen LogP contribution in [0, 0.1) is 0 Å². The Hall–Kier alpha value is -1.88. The lowest BCUT2D eigenvalue weighted by molar-refractivity contribution is 0.470. The third-order valence-corrected chi connectivity index (χ3v) is 2.89. The molecule has 0 aromatic carbocycles. The van der Waals surface area contributed by atoms with Crippen LogP contribution in [-0.2, 0) is 13.1 Å². The van der Waals surface area contributed by atoms with Crippen LogP contribution in [0.4, 0.5) is 0 Å². The molecule has 0 aliphatic rings. The summed E-state index contributed by atoms with van der Waals surface area (Å²) in [7, 11) is 0. The average molecular weight is 274 g/mol. The predicted octanol–water partition coefficient (Wildman–Crippen LogP) is 2.98. The van der Waals surface area contributed by atoms with Gasteiger partial charge in [0.1, 0.15) is 5.75 Å². The van der Waals surface area contributed by atoms with Crippen molar-refractivity contribution in [3.05, 3.63) is 36.4 Å². The molecular weight excluding hydrogens is 252 g/mol. The molecule has 0 saturated carbocycles. The summed E-state index contributed by atoms with van der Waals surface area (Å²) in [4.78, 5) is 4.16. The first-order valence-electron chi connectivity index (χ1n) is 7.17. The molecule has 1 N–H and O–H groups in total. The first kappa shape index (κ1) is 14.5. The Morgan fingerprint density at radius 1 is 1.25 bits per heavy atom. The van der Waals surface area contributed by atoms with E-state index in [4.69, 9.17) is 4.74 Å². The smallest absolute Gasteiger partial charge is 0.165 e. The Kier molecular flexibility index (Phi) is 5.55. The fraction of sp³-hybridized carbons (Fsp3) is 0.467. The van der Waals surface area contributed by atoms with E-state index in [1.54, 1.807) is 12.4 Å². The van der Waals surface area contributed by atoms with Gasteiger partial charge in [0.2, 0.25) is 0 Å². The summed E-state index contributed by atoms with van der Waals surface area (Å²) in [6, 6.07) is 1.89. The van der Waals surface area contributed by atoms with E-state index in [0.29, 0.717) is 0 Å². The van der Waals surface area contributed by atoms with Gasteiger partial charge in [-0.05, 0) is 25.5 Å². The highest BCUT2D eigenvalue weighted by Gasteiger charge is 2.06. The molecule has 0 spiro atoms. The largest absolute Gasteiger partial charge is 0.454 e. The van der Waals surface area contributed by atoms with Crippen molar-refractivity contribution in [2.45, 2.75) is 39.8 Å². The van der Waals surface area contributed by atoms with Gasteiger partial charge in [-0.3, -0.25) is 9.67 Å². The highest BCUT2D eigenvalue weighted by molar-refractivity contribution is 5.34. The first-order valence-corrected chi connectivity index (χ1v) is 7.17. The number of hydrogen-bond donors (Lipinski definition) is 1. The molecule has 5 heteroatoms. The topological polar surface area (TPSA) is 52.0 Å². The summed E-state index contributed by atoms with van der Waals surface area (Å²) < 4.78 is 7.80. The molecule has 2 heterocycles. The van der Waals surface area contributed by atoms with Crippen LogP contribution < -0.4 is 10.1 Å². The number of nitrogens with zero attached hydrogens (tertiary/aromatic N) is 3. The molecule has 5 nitrogen and oxygen atoms in total. The lowest BCUT2D eigenvalue weighted by Crippen LogP contribution is -2.14. The molecule has 2 aromatic heterocycles. The maximum absolute atomic E-state index is 5.90. The van der Waals surface area contributed by atoms with Crippen molar-refractivity contribution in [3.8, 4) is 11.5 Å². The fourth-order valence-electron chi connectivity index (χ4n) is 1.92. The van der Waals surface area contributed by atoms with E-state index >= 15 is 0 Å². The zero-order valence-electron chi connectivity index (χ0n) is 12.2. The molecule has 0 radical (unpaired) electrons. The quantitative estimate of drug-likeness (QED) is 0.752. The second-order valence-electron chi connectivity index (χ2n) is 4.70. The third-order valence-electron chi connectivity index (χ3n) is 2.89. The van der Waals surface area contributed by atoms with E-state index in [1.165, 1.54) is 0 Å². The Bertz CT molecular complexity index is 524. The number of rotatable bonds is 8. The molecule has 20 heavy (non-hydrogen) atoms. The van der Waals surface area contributed by atoms with Crippen LogP contribution in [0.25, 0.3) is 0 Å². The monoisotopic (exact) mass is 274 g/mol. The summed E-state index contributed by atoms with van der Waals surface area (Å²) in [5, 5.41) is 7.63. The van der Waals surface area contributed by atoms with Crippen LogP contribution in [0.15, 0.2) is 30.9 Å². The summed E-state index contributed by atoms with van der Waals surface area (Å²) in [6.45, 7) is 6.94. The summed E-state index contributed by atoms with van der Waals surface area (Å²) in [5.74, 6) is 1.60. The zero-order chi connectivity index (χ0) is 14.2. The molecule has 2 rings (SSSR count). The van der Waals surface area contributed by atoms with Crippen molar-refractivity contribution in [2.75, 3.05) is 6.54 Å². The van der Waals surface area contributed by atoms with Crippen LogP contribution in [0.2, 0.25) is 0 Å². The molecule has 2 aromatic rings. The molecule has 108 valence electrons. The Morgan fingerprint density at radius 2 is 2.15 bits per heavy atom. The van der Waals surface area contributed by atoms with E-state index in [2.05, 4.69) is 29.2 Å². The van der Waals surface area contributed by atoms with Gasteiger partial charge < -0.3 is 10.1 Å². The molecule has 0 fully saturated rings. The molecule has 0 atom stereocenters. The van der Waals surface area contributed by atoms with E-state index in [0.717, 1.165) is 49.5 Å². The minimum atomic E-state index is 0.764. The normalized spacial score (nSPS) is 10.7. The summed E-state index contributed by atoms with van der Waals surface area (Å²) >= 11 is 0. The van der Waals surface area contributed by atoms with Crippen LogP contribution >= 0.6 is 0 Å². The number of pyridine rings is 1. The number of ether oxygens (including phenoxy) is 1. The standard InChI is InChI=1S/C15H22N4O/c1-3-6-16-9-13-10-17-7-5-15(13)20-14-11-18-19(12-14)8-4-2/h5,7,10-12,16H,3-4,6,8-9H2,1-2H3. The van der Waals surface area contributed by atoms with E-state index in [-0.39, 0.29) is 0 Å². The molecule has 0 aliphatic carbocycles. The Balaban J connectivity index is 2.03. The van der Waals surface area contributed by atoms with Gasteiger partial charge in [-0.1, -0.05) is 13.8 Å². The molecular formula is C15H22N4O. The summed E-state index contributed by atoms with van der Waals surface area (Å²) in [6.07, 6.45) is 9.43. The van der Waals surface area contributed by atoms with Crippen LogP contribution in [0.5, 0.6) is 11.5 Å². The van der Waals surface area contributed by atoms with Gasteiger partial charge in [-0.25, -0.2) is 0 Å². The van der Waals surface area contributed by atoms with Crippen molar-refractivity contribution in [1.29, 1.82) is 0 Å². The Morgan fingerprint density at radius 3 is 2.95 bits per heavy atom. The van der Waals surface area contributed by atoms with Crippen LogP contribution in [-0.4, -0.2) is 21.3 Å². The third kappa shape index (κ3) is 4.06. The highest BCUT2D eigenvalue weighted by atomic mass is 16.5. The minimum absolute atomic E-state index is 0.764. The lowest BCUT2D eigenvalue weighted by Gasteiger charge is -2.09. The molecule has 0 amide bonds. The number of nitrogens with one attached hydrogen (secondary N) is 1. The van der Waals surface area contributed by atoms with Crippen molar-refractivity contribution in [1.82, 2.24) is 20.1 Å². The molecule has 0 aliphatic heterocycles. The van der Waals surface area contributed by atoms with Gasteiger partial charge in [0.15, 0.2) is 5.75 Å². The van der Waals surface area contributed by atoms with Gasteiger partial charge in [-0.2, -0.15) is 5.10 Å². The van der Waals surface area contributed by atoms with Gasteiger partial charge in [-0.15, -0.1) is 0 Å². The van der Waals surface area contributed by atoms with Crippen molar-refractivity contribution >= 4 is 0 Å². The van der Waals surface area contributed by atoms with Crippen LogP contribution in [0.1, 0.15) is 32.3 Å². The molecule has 0 unspecified atom stereocenters. The number of aromatic nitrogens is 3. The highest BCUT2D eigenvalue weighted by Crippen LogP contribution is 2.24. The van der Waals surface area contributed by atoms with Crippen molar-refractivity contribution in [3.63, 3.8) is 0 Å². The molecule has 0 bridgehead atoms. The summed E-state index contributed by atoms with van der Waals surface area (Å²) in [5.41, 5.74) is 1.06. The van der Waals surface area contributed by atoms with Gasteiger partial charge in [0.05, 0.1) is 12.4 Å². The fourth-order valence-corrected chi connectivity index (χ4v) is 1.92. The van der Waals surface area contributed by atoms with E-state index < -0.39 is 0 Å². The Labute approximate surface area is 120 Å².